The lowest BCUT2D eigenvalue weighted by Gasteiger charge is -2.39. The van der Waals surface area contributed by atoms with Gasteiger partial charge in [-0.1, -0.05) is 18.2 Å². The Morgan fingerprint density at radius 3 is 2.74 bits per heavy atom. The Morgan fingerprint density at radius 1 is 1.30 bits per heavy atom. The second kappa shape index (κ2) is 8.48. The third-order valence-electron chi connectivity index (χ3n) is 5.40. The van der Waals surface area contributed by atoms with Gasteiger partial charge < -0.3 is 14.7 Å². The lowest BCUT2D eigenvalue weighted by Crippen LogP contribution is -2.50. The summed E-state index contributed by atoms with van der Waals surface area (Å²) in [4.78, 5) is 14.7. The number of amides is 1. The highest BCUT2D eigenvalue weighted by Gasteiger charge is 2.35. The maximum absolute atomic E-state index is 13.4. The van der Waals surface area contributed by atoms with Crippen molar-refractivity contribution in [3.8, 4) is 0 Å². The van der Waals surface area contributed by atoms with Gasteiger partial charge in [0.25, 0.3) is 0 Å². The number of halogens is 3. The Labute approximate surface area is 156 Å². The highest BCUT2D eigenvalue weighted by atomic mass is 19.4. The molecule has 2 aliphatic rings. The molecule has 0 bridgehead atoms. The molecule has 5 nitrogen and oxygen atoms in total. The molecule has 1 N–H and O–H groups in total. The first-order chi connectivity index (χ1) is 12.8. The van der Waals surface area contributed by atoms with Crippen LogP contribution in [0.25, 0.3) is 0 Å². The highest BCUT2D eigenvalue weighted by molar-refractivity contribution is 5.65. The van der Waals surface area contributed by atoms with Gasteiger partial charge >= 0.3 is 12.3 Å². The van der Waals surface area contributed by atoms with Gasteiger partial charge in [0.1, 0.15) is 0 Å². The van der Waals surface area contributed by atoms with Crippen LogP contribution in [0.2, 0.25) is 0 Å². The minimum Gasteiger partial charge on any atom is -0.465 e. The average molecular weight is 386 g/mol. The predicted molar refractivity (Wildman–Crippen MR) is 93.4 cm³/mol. The molecule has 1 amide bonds. The summed E-state index contributed by atoms with van der Waals surface area (Å²) >= 11 is 0. The van der Waals surface area contributed by atoms with E-state index in [1.165, 1.54) is 17.0 Å². The van der Waals surface area contributed by atoms with Gasteiger partial charge in [0.05, 0.1) is 12.2 Å². The van der Waals surface area contributed by atoms with Crippen LogP contribution in [0.1, 0.15) is 30.4 Å². The van der Waals surface area contributed by atoms with Crippen LogP contribution >= 0.6 is 0 Å². The van der Waals surface area contributed by atoms with Gasteiger partial charge in [0.2, 0.25) is 0 Å². The lowest BCUT2D eigenvalue weighted by atomic mass is 9.99. The third-order valence-corrected chi connectivity index (χ3v) is 5.40. The fourth-order valence-electron chi connectivity index (χ4n) is 3.98. The van der Waals surface area contributed by atoms with Crippen molar-refractivity contribution in [1.29, 1.82) is 0 Å². The number of ether oxygens (including phenoxy) is 1. The van der Waals surface area contributed by atoms with Crippen molar-refractivity contribution in [3.63, 3.8) is 0 Å². The summed E-state index contributed by atoms with van der Waals surface area (Å²) in [5, 5.41) is 9.30. The molecule has 2 aliphatic heterocycles. The van der Waals surface area contributed by atoms with E-state index < -0.39 is 17.8 Å². The Bertz CT molecular complexity index is 647. The van der Waals surface area contributed by atoms with Crippen molar-refractivity contribution in [2.45, 2.75) is 38.0 Å². The van der Waals surface area contributed by atoms with E-state index in [-0.39, 0.29) is 24.1 Å². The Morgan fingerprint density at radius 2 is 2.07 bits per heavy atom. The van der Waals surface area contributed by atoms with Crippen LogP contribution < -0.4 is 0 Å². The number of hydrogen-bond acceptors (Lipinski definition) is 3. The molecule has 1 aromatic carbocycles. The minimum absolute atomic E-state index is 0.0864. The predicted octanol–water partition coefficient (Wildman–Crippen LogP) is 3.69. The first-order valence-electron chi connectivity index (χ1n) is 9.29. The largest absolute Gasteiger partial charge is 0.465 e. The first kappa shape index (κ1) is 19.9. The van der Waals surface area contributed by atoms with Gasteiger partial charge in [0.15, 0.2) is 0 Å². The summed E-state index contributed by atoms with van der Waals surface area (Å²) in [7, 11) is 0. The number of piperidine rings is 1. The van der Waals surface area contributed by atoms with Crippen molar-refractivity contribution >= 4 is 6.09 Å². The maximum atomic E-state index is 13.4. The number of carboxylic acid groups (broad SMARTS) is 1. The molecule has 1 unspecified atom stereocenters. The van der Waals surface area contributed by atoms with E-state index in [1.54, 1.807) is 6.07 Å². The number of likely N-dealkylation sites (tertiary alicyclic amines) is 1. The molecular weight excluding hydrogens is 361 g/mol. The van der Waals surface area contributed by atoms with Crippen LogP contribution in [0, 0.1) is 5.92 Å². The Hall–Kier alpha value is -1.80. The normalized spacial score (nSPS) is 23.8. The monoisotopic (exact) mass is 386 g/mol. The molecule has 2 fully saturated rings. The number of hydrogen-bond donors (Lipinski definition) is 1. The van der Waals surface area contributed by atoms with E-state index in [9.17, 15) is 23.1 Å². The minimum atomic E-state index is -4.40. The summed E-state index contributed by atoms with van der Waals surface area (Å²) in [5.41, 5.74) is -0.389. The summed E-state index contributed by atoms with van der Waals surface area (Å²) in [6.45, 7) is 2.85. The van der Waals surface area contributed by atoms with E-state index in [4.69, 9.17) is 4.74 Å². The topological polar surface area (TPSA) is 53.0 Å². The van der Waals surface area contributed by atoms with Gasteiger partial charge in [-0.15, -0.1) is 0 Å². The molecule has 0 saturated carbocycles. The summed E-state index contributed by atoms with van der Waals surface area (Å²) in [5.74, 6) is 0.267. The molecular formula is C19H25F3N2O3. The fraction of sp³-hybridized carbons (Fsp3) is 0.632. The van der Waals surface area contributed by atoms with E-state index in [2.05, 4.69) is 0 Å². The summed E-state index contributed by atoms with van der Waals surface area (Å²) < 4.78 is 45.6. The van der Waals surface area contributed by atoms with Gasteiger partial charge in [0, 0.05) is 38.8 Å². The standard InChI is InChI=1S/C19H25F3N2O3/c20-19(21,22)17-6-2-1-4-15(17)11-24(10-14-7-9-27-13-14)16-5-3-8-23(12-16)18(25)26/h1-2,4,6,14,16H,3,5,7-13H2,(H,25,26)/t14?,16-/m0/s1. The van der Waals surface area contributed by atoms with E-state index >= 15 is 0 Å². The molecule has 0 aromatic heterocycles. The zero-order valence-electron chi connectivity index (χ0n) is 15.1. The Balaban J connectivity index is 1.81. The number of rotatable bonds is 5. The third kappa shape index (κ3) is 5.13. The van der Waals surface area contributed by atoms with Crippen molar-refractivity contribution in [2.75, 3.05) is 32.8 Å². The van der Waals surface area contributed by atoms with Crippen LogP contribution in [-0.2, 0) is 17.5 Å². The molecule has 1 aromatic rings. The van der Waals surface area contributed by atoms with Gasteiger partial charge in [-0.05, 0) is 36.8 Å². The van der Waals surface area contributed by atoms with Gasteiger partial charge in [-0.25, -0.2) is 4.79 Å². The first-order valence-corrected chi connectivity index (χ1v) is 9.29. The fourth-order valence-corrected chi connectivity index (χ4v) is 3.98. The molecule has 150 valence electrons. The maximum Gasteiger partial charge on any atom is 0.416 e. The van der Waals surface area contributed by atoms with Crippen molar-refractivity contribution in [3.05, 3.63) is 35.4 Å². The van der Waals surface area contributed by atoms with Crippen LogP contribution in [-0.4, -0.2) is 59.9 Å². The number of carbonyl (C=O) groups is 1. The number of alkyl halides is 3. The summed E-state index contributed by atoms with van der Waals surface area (Å²) in [6.07, 6.45) is -2.99. The number of benzene rings is 1. The Kier molecular flexibility index (Phi) is 6.26. The second-order valence-electron chi connectivity index (χ2n) is 7.34. The lowest BCUT2D eigenvalue weighted by molar-refractivity contribution is -0.138. The molecule has 0 aliphatic carbocycles. The van der Waals surface area contributed by atoms with Gasteiger partial charge in [-0.2, -0.15) is 13.2 Å². The SMILES string of the molecule is O=C(O)N1CCC[C@H](N(Cc2ccccc2C(F)(F)F)CC2CCOC2)C1. The van der Waals surface area contributed by atoms with E-state index in [0.29, 0.717) is 32.8 Å². The molecule has 0 radical (unpaired) electrons. The quantitative estimate of drug-likeness (QED) is 0.839. The zero-order valence-corrected chi connectivity index (χ0v) is 15.1. The van der Waals surface area contributed by atoms with Crippen LogP contribution in [0.4, 0.5) is 18.0 Å². The van der Waals surface area contributed by atoms with Crippen LogP contribution in [0.5, 0.6) is 0 Å². The molecule has 2 atom stereocenters. The van der Waals surface area contributed by atoms with Crippen molar-refractivity contribution in [2.24, 2.45) is 5.92 Å². The molecule has 2 heterocycles. The second-order valence-corrected chi connectivity index (χ2v) is 7.34. The molecule has 8 heteroatoms. The highest BCUT2D eigenvalue weighted by Crippen LogP contribution is 2.33. The van der Waals surface area contributed by atoms with E-state index in [0.717, 1.165) is 25.3 Å². The van der Waals surface area contributed by atoms with Crippen molar-refractivity contribution in [1.82, 2.24) is 9.80 Å². The molecule has 27 heavy (non-hydrogen) atoms. The van der Waals surface area contributed by atoms with Crippen LogP contribution in [0.15, 0.2) is 24.3 Å². The van der Waals surface area contributed by atoms with Gasteiger partial charge in [-0.3, -0.25) is 4.90 Å². The molecule has 2 saturated heterocycles. The molecule has 3 rings (SSSR count). The smallest absolute Gasteiger partial charge is 0.416 e. The van der Waals surface area contributed by atoms with Crippen molar-refractivity contribution < 1.29 is 27.8 Å². The summed E-state index contributed by atoms with van der Waals surface area (Å²) in [6, 6.07) is 5.55. The molecule has 0 spiro atoms. The van der Waals surface area contributed by atoms with E-state index in [1.807, 2.05) is 4.90 Å². The average Bonchev–Trinajstić information content (AvgIpc) is 3.14. The van der Waals surface area contributed by atoms with Crippen LogP contribution in [0.3, 0.4) is 0 Å². The number of nitrogens with zero attached hydrogens (tertiary/aromatic N) is 2. The zero-order chi connectivity index (χ0) is 19.4.